The average Bonchev–Trinajstić information content (AvgIpc) is 2.75. The van der Waals surface area contributed by atoms with Gasteiger partial charge in [0.1, 0.15) is 12.1 Å². The van der Waals surface area contributed by atoms with E-state index in [-0.39, 0.29) is 6.10 Å². The largest absolute Gasteiger partial charge is 0.489 e. The molecule has 1 aromatic carbocycles. The van der Waals surface area contributed by atoms with Crippen LogP contribution in [0.15, 0.2) is 29.6 Å². The lowest BCUT2D eigenvalue weighted by Gasteiger charge is -2.11. The number of hydrogen-bond acceptors (Lipinski definition) is 4. The van der Waals surface area contributed by atoms with E-state index in [0.717, 1.165) is 5.56 Å². The molecule has 0 unspecified atom stereocenters. The number of hydrogen-bond donors (Lipinski definition) is 1. The third-order valence-electron chi connectivity index (χ3n) is 2.19. The Morgan fingerprint density at radius 3 is 2.89 bits per heavy atom. The van der Waals surface area contributed by atoms with Gasteiger partial charge in [-0.05, 0) is 49.8 Å². The van der Waals surface area contributed by atoms with Crippen molar-refractivity contribution in [1.29, 1.82) is 0 Å². The molecule has 0 saturated carbocycles. The van der Waals surface area contributed by atoms with Gasteiger partial charge in [-0.2, -0.15) is 14.9 Å². The molecule has 0 spiro atoms. The molecule has 1 N–H and O–H groups in total. The summed E-state index contributed by atoms with van der Waals surface area (Å²) in [5, 5.41) is 11.1. The first-order valence-corrected chi connectivity index (χ1v) is 6.47. The molecule has 0 fully saturated rings. The lowest BCUT2D eigenvalue weighted by molar-refractivity contribution is 0.242. The van der Waals surface area contributed by atoms with E-state index in [1.165, 1.54) is 11.0 Å². The third kappa shape index (κ3) is 3.65. The first kappa shape index (κ1) is 13.8. The van der Waals surface area contributed by atoms with E-state index >= 15 is 0 Å². The summed E-state index contributed by atoms with van der Waals surface area (Å²) in [4.78, 5) is 0. The van der Waals surface area contributed by atoms with Gasteiger partial charge in [0.05, 0.1) is 17.3 Å². The fourth-order valence-corrected chi connectivity index (χ4v) is 1.78. The Morgan fingerprint density at radius 2 is 2.32 bits per heavy atom. The van der Waals surface area contributed by atoms with Crippen molar-refractivity contribution in [3.63, 3.8) is 0 Å². The van der Waals surface area contributed by atoms with E-state index in [0.29, 0.717) is 15.5 Å². The van der Waals surface area contributed by atoms with E-state index in [9.17, 15) is 0 Å². The van der Waals surface area contributed by atoms with Gasteiger partial charge in [-0.25, -0.2) is 0 Å². The predicted octanol–water partition coefficient (Wildman–Crippen LogP) is 3.26. The topological polar surface area (TPSA) is 55.2 Å². The van der Waals surface area contributed by atoms with Gasteiger partial charge in [-0.3, -0.25) is 5.10 Å². The van der Waals surface area contributed by atoms with Crippen molar-refractivity contribution >= 4 is 30.0 Å². The zero-order valence-electron chi connectivity index (χ0n) is 10.5. The van der Waals surface area contributed by atoms with Crippen LogP contribution in [0.25, 0.3) is 0 Å². The van der Waals surface area contributed by atoms with E-state index in [2.05, 4.69) is 15.3 Å². The van der Waals surface area contributed by atoms with Gasteiger partial charge in [0.15, 0.2) is 0 Å². The minimum absolute atomic E-state index is 0.0845. The number of benzene rings is 1. The zero-order chi connectivity index (χ0) is 13.8. The van der Waals surface area contributed by atoms with Gasteiger partial charge in [0.2, 0.25) is 4.77 Å². The highest BCUT2D eigenvalue weighted by molar-refractivity contribution is 7.71. The van der Waals surface area contributed by atoms with Gasteiger partial charge in [0.25, 0.3) is 0 Å². The van der Waals surface area contributed by atoms with Crippen LogP contribution >= 0.6 is 23.8 Å². The van der Waals surface area contributed by atoms with E-state index in [4.69, 9.17) is 28.6 Å². The number of nitrogens with zero attached hydrogens (tertiary/aromatic N) is 3. The molecule has 5 nitrogen and oxygen atoms in total. The minimum Gasteiger partial charge on any atom is -0.489 e. The quantitative estimate of drug-likeness (QED) is 0.696. The Balaban J connectivity index is 2.19. The molecule has 1 heterocycles. The monoisotopic (exact) mass is 296 g/mol. The van der Waals surface area contributed by atoms with Gasteiger partial charge < -0.3 is 4.74 Å². The standard InChI is InChI=1S/C12H13ClN4OS/c1-8(2)18-11-4-3-9(5-10(11)13)6-15-17-7-14-16-12(17)19/h3-8H,1-2H3,(H,16,19)/b15-6-. The minimum atomic E-state index is 0.0845. The molecule has 0 aliphatic rings. The van der Waals surface area contributed by atoms with Crippen LogP contribution in [-0.4, -0.2) is 27.2 Å². The van der Waals surface area contributed by atoms with Crippen molar-refractivity contribution in [1.82, 2.24) is 14.9 Å². The van der Waals surface area contributed by atoms with Crippen LogP contribution in [0.4, 0.5) is 0 Å². The highest BCUT2D eigenvalue weighted by atomic mass is 35.5. The van der Waals surface area contributed by atoms with Gasteiger partial charge >= 0.3 is 0 Å². The first-order valence-electron chi connectivity index (χ1n) is 5.69. The van der Waals surface area contributed by atoms with Crippen molar-refractivity contribution in [2.75, 3.05) is 0 Å². The van der Waals surface area contributed by atoms with Crippen molar-refractivity contribution in [3.8, 4) is 5.75 Å². The van der Waals surface area contributed by atoms with Crippen molar-refractivity contribution < 1.29 is 4.74 Å². The second kappa shape index (κ2) is 5.99. The summed E-state index contributed by atoms with van der Waals surface area (Å²) in [6.45, 7) is 3.90. The van der Waals surface area contributed by atoms with Crippen LogP contribution in [0.5, 0.6) is 5.75 Å². The number of rotatable bonds is 4. The highest BCUT2D eigenvalue weighted by Gasteiger charge is 2.04. The molecule has 0 radical (unpaired) electrons. The Hall–Kier alpha value is -1.66. The molecule has 2 rings (SSSR count). The maximum absolute atomic E-state index is 6.13. The van der Waals surface area contributed by atoms with Crippen molar-refractivity contribution in [3.05, 3.63) is 39.9 Å². The maximum Gasteiger partial charge on any atom is 0.216 e. The fourth-order valence-electron chi connectivity index (χ4n) is 1.40. The maximum atomic E-state index is 6.13. The highest BCUT2D eigenvalue weighted by Crippen LogP contribution is 2.25. The number of halogens is 1. The molecule has 1 aromatic heterocycles. The van der Waals surface area contributed by atoms with Crippen molar-refractivity contribution in [2.24, 2.45) is 5.10 Å². The number of aromatic nitrogens is 3. The van der Waals surface area contributed by atoms with Gasteiger partial charge in [0, 0.05) is 0 Å². The van der Waals surface area contributed by atoms with E-state index in [1.807, 2.05) is 26.0 Å². The Kier molecular flexibility index (Phi) is 4.34. The molecule has 0 atom stereocenters. The summed E-state index contributed by atoms with van der Waals surface area (Å²) in [5.41, 5.74) is 0.851. The lowest BCUT2D eigenvalue weighted by Crippen LogP contribution is -2.05. The SMILES string of the molecule is CC(C)Oc1ccc(/C=N\n2cn[nH]c2=S)cc1Cl. The molecule has 0 aliphatic carbocycles. The van der Waals surface area contributed by atoms with E-state index in [1.54, 1.807) is 12.3 Å². The Bertz CT molecular complexity index is 647. The van der Waals surface area contributed by atoms with Crippen LogP contribution in [0.3, 0.4) is 0 Å². The van der Waals surface area contributed by atoms with Gasteiger partial charge in [-0.1, -0.05) is 11.6 Å². The first-order chi connectivity index (χ1) is 9.06. The molecule has 2 aromatic rings. The number of ether oxygens (including phenoxy) is 1. The summed E-state index contributed by atoms with van der Waals surface area (Å²) in [6.07, 6.45) is 3.23. The Labute approximate surface area is 120 Å². The summed E-state index contributed by atoms with van der Waals surface area (Å²) in [7, 11) is 0. The number of nitrogens with one attached hydrogen (secondary N) is 1. The van der Waals surface area contributed by atoms with Crippen LogP contribution in [-0.2, 0) is 0 Å². The molecule has 7 heteroatoms. The zero-order valence-corrected chi connectivity index (χ0v) is 12.1. The number of aromatic amines is 1. The molecule has 19 heavy (non-hydrogen) atoms. The molecular formula is C12H13ClN4OS. The summed E-state index contributed by atoms with van der Waals surface area (Å²) in [5.74, 6) is 0.661. The molecule has 0 saturated heterocycles. The molecular weight excluding hydrogens is 284 g/mol. The van der Waals surface area contributed by atoms with E-state index < -0.39 is 0 Å². The third-order valence-corrected chi connectivity index (χ3v) is 2.76. The molecule has 100 valence electrons. The molecule has 0 bridgehead atoms. The van der Waals surface area contributed by atoms with Gasteiger partial charge in [-0.15, -0.1) is 0 Å². The smallest absolute Gasteiger partial charge is 0.216 e. The second-order valence-electron chi connectivity index (χ2n) is 4.11. The van der Waals surface area contributed by atoms with Crippen LogP contribution < -0.4 is 4.74 Å². The molecule has 0 amide bonds. The van der Waals surface area contributed by atoms with Crippen LogP contribution in [0, 0.1) is 4.77 Å². The van der Waals surface area contributed by atoms with Crippen LogP contribution in [0.2, 0.25) is 5.02 Å². The summed E-state index contributed by atoms with van der Waals surface area (Å²) >= 11 is 11.1. The summed E-state index contributed by atoms with van der Waals surface area (Å²) < 4.78 is 7.45. The van der Waals surface area contributed by atoms with Crippen LogP contribution in [0.1, 0.15) is 19.4 Å². The molecule has 0 aliphatic heterocycles. The lowest BCUT2D eigenvalue weighted by atomic mass is 10.2. The predicted molar refractivity (Wildman–Crippen MR) is 77.6 cm³/mol. The fraction of sp³-hybridized carbons (Fsp3) is 0.250. The number of H-pyrrole nitrogens is 1. The Morgan fingerprint density at radius 1 is 1.53 bits per heavy atom. The average molecular weight is 297 g/mol. The normalized spacial score (nSPS) is 11.4. The van der Waals surface area contributed by atoms with Crippen molar-refractivity contribution in [2.45, 2.75) is 20.0 Å². The second-order valence-corrected chi connectivity index (χ2v) is 4.90. The summed E-state index contributed by atoms with van der Waals surface area (Å²) in [6, 6.07) is 5.47.